The fraction of sp³-hybridized carbons (Fsp3) is 0.250. The van der Waals surface area contributed by atoms with E-state index in [1.54, 1.807) is 6.20 Å². The average molecular weight is 266 g/mol. The third-order valence-corrected chi connectivity index (χ3v) is 3.71. The van der Waals surface area contributed by atoms with Crippen molar-refractivity contribution in [2.24, 2.45) is 0 Å². The summed E-state index contributed by atoms with van der Waals surface area (Å²) in [6.45, 7) is 5.10. The van der Waals surface area contributed by atoms with Crippen molar-refractivity contribution >= 4 is 16.9 Å². The Morgan fingerprint density at radius 1 is 1.20 bits per heavy atom. The molecule has 0 fully saturated rings. The molecule has 0 amide bonds. The van der Waals surface area contributed by atoms with Gasteiger partial charge in [-0.2, -0.15) is 0 Å². The number of nitrogens with two attached hydrogens (primary N) is 1. The first-order valence-electron chi connectivity index (χ1n) is 6.84. The second kappa shape index (κ2) is 4.96. The van der Waals surface area contributed by atoms with Crippen LogP contribution in [0, 0.1) is 6.92 Å². The Morgan fingerprint density at radius 3 is 2.75 bits per heavy atom. The zero-order chi connectivity index (χ0) is 14.1. The number of nitrogens with zero attached hydrogens (tertiary/aromatic N) is 3. The van der Waals surface area contributed by atoms with E-state index in [0.717, 1.165) is 29.0 Å². The van der Waals surface area contributed by atoms with Crippen LogP contribution in [0.4, 0.5) is 5.82 Å². The molecule has 0 saturated carbocycles. The van der Waals surface area contributed by atoms with Gasteiger partial charge in [0.05, 0.1) is 11.0 Å². The van der Waals surface area contributed by atoms with Gasteiger partial charge in [0.2, 0.25) is 0 Å². The Hall–Kier alpha value is -2.36. The zero-order valence-electron chi connectivity index (χ0n) is 11.8. The summed E-state index contributed by atoms with van der Waals surface area (Å²) in [6.07, 6.45) is 2.46. The van der Waals surface area contributed by atoms with Crippen molar-refractivity contribution in [3.05, 3.63) is 53.5 Å². The van der Waals surface area contributed by atoms with E-state index in [1.807, 2.05) is 24.3 Å². The average Bonchev–Trinajstić information content (AvgIpc) is 2.80. The maximum absolute atomic E-state index is 6.01. The number of fused-ring (bicyclic) bond motifs is 1. The molecule has 2 heterocycles. The number of benzene rings is 1. The summed E-state index contributed by atoms with van der Waals surface area (Å²) >= 11 is 0. The Labute approximate surface area is 118 Å². The molecule has 0 aliphatic rings. The van der Waals surface area contributed by atoms with Gasteiger partial charge in [0.1, 0.15) is 11.6 Å². The minimum atomic E-state index is 0.597. The van der Waals surface area contributed by atoms with Gasteiger partial charge in [0, 0.05) is 24.7 Å². The lowest BCUT2D eigenvalue weighted by Gasteiger charge is -2.10. The fourth-order valence-electron chi connectivity index (χ4n) is 2.61. The molecule has 2 aromatic heterocycles. The van der Waals surface area contributed by atoms with Gasteiger partial charge in [-0.25, -0.2) is 9.97 Å². The van der Waals surface area contributed by atoms with Crippen molar-refractivity contribution in [2.75, 3.05) is 5.73 Å². The Kier molecular flexibility index (Phi) is 3.14. The maximum atomic E-state index is 6.01. The molecule has 0 aliphatic heterocycles. The Morgan fingerprint density at radius 2 is 2.00 bits per heavy atom. The summed E-state index contributed by atoms with van der Waals surface area (Å²) in [6, 6.07) is 10.2. The van der Waals surface area contributed by atoms with Gasteiger partial charge in [-0.15, -0.1) is 0 Å². The maximum Gasteiger partial charge on any atom is 0.127 e. The molecular formula is C16H18N4. The van der Waals surface area contributed by atoms with E-state index in [1.165, 1.54) is 5.52 Å². The quantitative estimate of drug-likeness (QED) is 0.793. The van der Waals surface area contributed by atoms with E-state index in [2.05, 4.69) is 29.5 Å². The number of nitrogen functional groups attached to an aromatic ring is 1. The smallest absolute Gasteiger partial charge is 0.127 e. The van der Waals surface area contributed by atoms with Gasteiger partial charge in [-0.1, -0.05) is 12.1 Å². The molecule has 0 atom stereocenters. The highest BCUT2D eigenvalue weighted by atomic mass is 15.1. The zero-order valence-corrected chi connectivity index (χ0v) is 11.8. The van der Waals surface area contributed by atoms with Crippen LogP contribution >= 0.6 is 0 Å². The fourth-order valence-corrected chi connectivity index (χ4v) is 2.61. The number of aromatic nitrogens is 3. The van der Waals surface area contributed by atoms with E-state index >= 15 is 0 Å². The first-order chi connectivity index (χ1) is 9.70. The molecule has 2 N–H and O–H groups in total. The largest absolute Gasteiger partial charge is 0.383 e. The number of aryl methyl sites for hydroxylation is 2. The van der Waals surface area contributed by atoms with Crippen LogP contribution in [0.2, 0.25) is 0 Å². The van der Waals surface area contributed by atoms with Crippen LogP contribution in [-0.2, 0) is 13.0 Å². The molecule has 0 radical (unpaired) electrons. The van der Waals surface area contributed by atoms with Crippen molar-refractivity contribution in [3.63, 3.8) is 0 Å². The number of para-hydroxylation sites is 2. The van der Waals surface area contributed by atoms with Gasteiger partial charge in [-0.3, -0.25) is 0 Å². The SMILES string of the molecule is CCn1c(Cc2c(C)ccnc2N)nc2ccccc21. The van der Waals surface area contributed by atoms with Gasteiger partial charge in [-0.05, 0) is 37.6 Å². The van der Waals surface area contributed by atoms with Crippen molar-refractivity contribution < 1.29 is 0 Å². The van der Waals surface area contributed by atoms with E-state index in [4.69, 9.17) is 10.7 Å². The first-order valence-corrected chi connectivity index (χ1v) is 6.84. The van der Waals surface area contributed by atoms with E-state index in [0.29, 0.717) is 12.2 Å². The third-order valence-electron chi connectivity index (χ3n) is 3.71. The molecule has 20 heavy (non-hydrogen) atoms. The van der Waals surface area contributed by atoms with Crippen molar-refractivity contribution in [1.29, 1.82) is 0 Å². The van der Waals surface area contributed by atoms with E-state index < -0.39 is 0 Å². The highest BCUT2D eigenvalue weighted by Crippen LogP contribution is 2.22. The summed E-state index contributed by atoms with van der Waals surface area (Å²) in [5.41, 5.74) is 10.4. The number of anilines is 1. The summed E-state index contributed by atoms with van der Waals surface area (Å²) in [5, 5.41) is 0. The predicted molar refractivity (Wildman–Crippen MR) is 81.6 cm³/mol. The van der Waals surface area contributed by atoms with Crippen molar-refractivity contribution in [2.45, 2.75) is 26.8 Å². The second-order valence-electron chi connectivity index (χ2n) is 4.93. The first kappa shape index (κ1) is 12.7. The highest BCUT2D eigenvalue weighted by Gasteiger charge is 2.12. The second-order valence-corrected chi connectivity index (χ2v) is 4.93. The number of pyridine rings is 1. The summed E-state index contributed by atoms with van der Waals surface area (Å²) < 4.78 is 2.24. The van der Waals surface area contributed by atoms with Crippen molar-refractivity contribution in [3.8, 4) is 0 Å². The molecule has 0 saturated heterocycles. The Bertz CT molecular complexity index is 738. The van der Waals surface area contributed by atoms with Crippen LogP contribution < -0.4 is 5.73 Å². The van der Waals surface area contributed by atoms with Crippen molar-refractivity contribution in [1.82, 2.24) is 14.5 Å². The van der Waals surface area contributed by atoms with Crippen LogP contribution in [0.25, 0.3) is 11.0 Å². The third kappa shape index (κ3) is 2.03. The molecule has 1 aromatic carbocycles. The normalized spacial score (nSPS) is 11.1. The predicted octanol–water partition coefficient (Wildman–Crippen LogP) is 2.93. The standard InChI is InChI=1S/C16H18N4/c1-3-20-14-7-5-4-6-13(14)19-15(20)10-12-11(2)8-9-18-16(12)17/h4-9H,3,10H2,1-2H3,(H2,17,18). The lowest BCUT2D eigenvalue weighted by molar-refractivity contribution is 0.732. The summed E-state index contributed by atoms with van der Waals surface area (Å²) in [4.78, 5) is 8.93. The van der Waals surface area contributed by atoms with Crippen LogP contribution in [0.5, 0.6) is 0 Å². The summed E-state index contributed by atoms with van der Waals surface area (Å²) in [7, 11) is 0. The molecule has 4 nitrogen and oxygen atoms in total. The lowest BCUT2D eigenvalue weighted by atomic mass is 10.1. The van der Waals surface area contributed by atoms with E-state index in [-0.39, 0.29) is 0 Å². The summed E-state index contributed by atoms with van der Waals surface area (Å²) in [5.74, 6) is 1.64. The molecule has 0 aliphatic carbocycles. The highest BCUT2D eigenvalue weighted by molar-refractivity contribution is 5.76. The molecule has 3 rings (SSSR count). The van der Waals surface area contributed by atoms with Crippen LogP contribution in [0.15, 0.2) is 36.5 Å². The van der Waals surface area contributed by atoms with Gasteiger partial charge in [0.25, 0.3) is 0 Å². The number of hydrogen-bond acceptors (Lipinski definition) is 3. The van der Waals surface area contributed by atoms with Crippen LogP contribution in [-0.4, -0.2) is 14.5 Å². The topological polar surface area (TPSA) is 56.7 Å². The van der Waals surface area contributed by atoms with Crippen LogP contribution in [0.3, 0.4) is 0 Å². The lowest BCUT2D eigenvalue weighted by Crippen LogP contribution is -2.06. The molecule has 102 valence electrons. The monoisotopic (exact) mass is 266 g/mol. The van der Waals surface area contributed by atoms with Crippen LogP contribution in [0.1, 0.15) is 23.9 Å². The molecule has 0 bridgehead atoms. The minimum Gasteiger partial charge on any atom is -0.383 e. The molecule has 3 aromatic rings. The number of rotatable bonds is 3. The molecule has 0 spiro atoms. The molecule has 4 heteroatoms. The van der Waals surface area contributed by atoms with Gasteiger partial charge >= 0.3 is 0 Å². The van der Waals surface area contributed by atoms with Gasteiger partial charge < -0.3 is 10.3 Å². The van der Waals surface area contributed by atoms with Gasteiger partial charge in [0.15, 0.2) is 0 Å². The Balaban J connectivity index is 2.11. The minimum absolute atomic E-state index is 0.597. The molecule has 0 unspecified atom stereocenters. The van der Waals surface area contributed by atoms with E-state index in [9.17, 15) is 0 Å². The molecular weight excluding hydrogens is 248 g/mol. The number of hydrogen-bond donors (Lipinski definition) is 1. The number of imidazole rings is 1.